The summed E-state index contributed by atoms with van der Waals surface area (Å²) in [5.74, 6) is 2.08. The van der Waals surface area contributed by atoms with Gasteiger partial charge in [-0.1, -0.05) is 24.3 Å². The quantitative estimate of drug-likeness (QED) is 0.903. The monoisotopic (exact) mass is 351 g/mol. The van der Waals surface area contributed by atoms with Gasteiger partial charge in [0.05, 0.1) is 12.6 Å². The third kappa shape index (κ3) is 2.41. The average Bonchev–Trinajstić information content (AvgIpc) is 2.68. The maximum Gasteiger partial charge on any atom is 0.223 e. The Morgan fingerprint density at radius 3 is 2.88 bits per heavy atom. The fourth-order valence-electron chi connectivity index (χ4n) is 5.54. The summed E-state index contributed by atoms with van der Waals surface area (Å²) in [6, 6.07) is 10.7. The normalized spacial score (nSPS) is 31.2. The minimum Gasteiger partial charge on any atom is -0.394 e. The summed E-state index contributed by atoms with van der Waals surface area (Å²) in [6.45, 7) is 1.87. The zero-order valence-corrected chi connectivity index (χ0v) is 14.9. The number of rotatable bonds is 2. The van der Waals surface area contributed by atoms with Crippen LogP contribution in [0.5, 0.6) is 0 Å². The molecule has 3 aliphatic rings. The van der Waals surface area contributed by atoms with Crippen LogP contribution in [0.25, 0.3) is 10.8 Å². The largest absolute Gasteiger partial charge is 0.394 e. The number of piperidine rings is 3. The molecule has 3 aliphatic heterocycles. The van der Waals surface area contributed by atoms with E-state index < -0.39 is 0 Å². The second kappa shape index (κ2) is 6.23. The molecule has 0 spiro atoms. The number of aromatic nitrogens is 1. The highest BCUT2D eigenvalue weighted by atomic mass is 16.3. The Hall–Kier alpha value is -2.14. The Kier molecular flexibility index (Phi) is 3.85. The van der Waals surface area contributed by atoms with E-state index in [0.29, 0.717) is 18.3 Å². The minimum absolute atomic E-state index is 0.0400. The summed E-state index contributed by atoms with van der Waals surface area (Å²) in [6.07, 6.45) is 5.69. The maximum absolute atomic E-state index is 12.5. The lowest BCUT2D eigenvalue weighted by atomic mass is 9.72. The first-order chi connectivity index (χ1) is 12.8. The number of hydrogen-bond acceptors (Lipinski definition) is 4. The maximum atomic E-state index is 12.5. The molecule has 5 heteroatoms. The molecular formula is C21H25N3O2. The number of aliphatic hydroxyl groups is 1. The number of nitrogens with zero attached hydrogens (tertiary/aromatic N) is 3. The molecule has 4 heterocycles. The van der Waals surface area contributed by atoms with Crippen LogP contribution in [0.1, 0.15) is 25.7 Å². The highest BCUT2D eigenvalue weighted by Gasteiger charge is 2.49. The Bertz CT molecular complexity index is 820. The summed E-state index contributed by atoms with van der Waals surface area (Å²) < 4.78 is 0. The molecule has 5 rings (SSSR count). The van der Waals surface area contributed by atoms with Crippen LogP contribution in [0.2, 0.25) is 0 Å². The van der Waals surface area contributed by atoms with Gasteiger partial charge < -0.3 is 14.9 Å². The molecule has 26 heavy (non-hydrogen) atoms. The summed E-state index contributed by atoms with van der Waals surface area (Å²) in [4.78, 5) is 21.7. The van der Waals surface area contributed by atoms with Crippen LogP contribution in [0, 0.1) is 11.8 Å². The number of aliphatic hydroxyl groups excluding tert-OH is 1. The van der Waals surface area contributed by atoms with Crippen molar-refractivity contribution in [3.8, 4) is 0 Å². The van der Waals surface area contributed by atoms with Gasteiger partial charge in [0.1, 0.15) is 5.82 Å². The second-order valence-electron chi connectivity index (χ2n) is 8.03. The summed E-state index contributed by atoms with van der Waals surface area (Å²) in [5.41, 5.74) is 0. The molecule has 1 N–H and O–H groups in total. The van der Waals surface area contributed by atoms with Gasteiger partial charge in [0.2, 0.25) is 5.91 Å². The molecule has 2 aromatic rings. The topological polar surface area (TPSA) is 56.7 Å². The first kappa shape index (κ1) is 16.1. The lowest BCUT2D eigenvalue weighted by Crippen LogP contribution is -2.66. The van der Waals surface area contributed by atoms with E-state index in [0.717, 1.165) is 38.2 Å². The predicted molar refractivity (Wildman–Crippen MR) is 101 cm³/mol. The Morgan fingerprint density at radius 1 is 1.15 bits per heavy atom. The van der Waals surface area contributed by atoms with E-state index in [-0.39, 0.29) is 24.6 Å². The lowest BCUT2D eigenvalue weighted by molar-refractivity contribution is -0.150. The van der Waals surface area contributed by atoms with Gasteiger partial charge in [-0.05, 0) is 42.6 Å². The number of fused-ring (bicyclic) bond motifs is 5. The van der Waals surface area contributed by atoms with E-state index in [4.69, 9.17) is 4.98 Å². The smallest absolute Gasteiger partial charge is 0.223 e. The standard InChI is InChI=1S/C21H25N3O2/c25-13-19-16-10-15(18-6-3-7-20(26)24(18)19)11-23(12-16)21-17-5-2-1-4-14(17)8-9-22-21/h1-2,4-5,8-9,15-16,18-19,25H,3,6-7,10-13H2/t15-,16+,18+,19+/m1/s1. The van der Waals surface area contributed by atoms with E-state index in [1.165, 1.54) is 10.8 Å². The number of hydrogen-bond donors (Lipinski definition) is 1. The molecule has 0 aliphatic carbocycles. The summed E-state index contributed by atoms with van der Waals surface area (Å²) in [7, 11) is 0. The fourth-order valence-corrected chi connectivity index (χ4v) is 5.54. The molecule has 3 fully saturated rings. The van der Waals surface area contributed by atoms with Crippen LogP contribution in [-0.2, 0) is 4.79 Å². The number of benzene rings is 1. The van der Waals surface area contributed by atoms with Gasteiger partial charge >= 0.3 is 0 Å². The van der Waals surface area contributed by atoms with Crippen LogP contribution < -0.4 is 4.90 Å². The molecule has 0 unspecified atom stereocenters. The lowest BCUT2D eigenvalue weighted by Gasteiger charge is -2.56. The SMILES string of the molecule is O=C1CCC[C@H]2[C@@H]3C[C@@H](CN(c4nccc5ccccc45)C3)[C@H](CO)N12. The van der Waals surface area contributed by atoms with Crippen molar-refractivity contribution in [3.05, 3.63) is 36.5 Å². The number of anilines is 1. The van der Waals surface area contributed by atoms with Crippen molar-refractivity contribution >= 4 is 22.5 Å². The van der Waals surface area contributed by atoms with Crippen molar-refractivity contribution in [1.29, 1.82) is 0 Å². The number of carbonyl (C=O) groups excluding carboxylic acids is 1. The fraction of sp³-hybridized carbons (Fsp3) is 0.524. The van der Waals surface area contributed by atoms with Crippen molar-refractivity contribution in [3.63, 3.8) is 0 Å². The molecule has 136 valence electrons. The number of carbonyl (C=O) groups is 1. The van der Waals surface area contributed by atoms with Crippen LogP contribution in [0.15, 0.2) is 36.5 Å². The molecule has 5 nitrogen and oxygen atoms in total. The average molecular weight is 351 g/mol. The van der Waals surface area contributed by atoms with Gasteiger partial charge in [0, 0.05) is 37.1 Å². The Balaban J connectivity index is 1.52. The van der Waals surface area contributed by atoms with Crippen molar-refractivity contribution in [2.24, 2.45) is 11.8 Å². The number of pyridine rings is 1. The van der Waals surface area contributed by atoms with Crippen LogP contribution in [-0.4, -0.2) is 52.7 Å². The first-order valence-electron chi connectivity index (χ1n) is 9.77. The summed E-state index contributed by atoms with van der Waals surface area (Å²) in [5, 5.41) is 12.5. The number of amides is 1. The molecular weight excluding hydrogens is 326 g/mol. The highest BCUT2D eigenvalue weighted by molar-refractivity contribution is 5.92. The molecule has 0 radical (unpaired) electrons. The Morgan fingerprint density at radius 2 is 2.00 bits per heavy atom. The van der Waals surface area contributed by atoms with Crippen LogP contribution in [0.4, 0.5) is 5.82 Å². The molecule has 1 aromatic carbocycles. The first-order valence-corrected chi connectivity index (χ1v) is 9.77. The van der Waals surface area contributed by atoms with Crippen molar-refractivity contribution in [2.75, 3.05) is 24.6 Å². The zero-order valence-electron chi connectivity index (χ0n) is 14.9. The zero-order chi connectivity index (χ0) is 17.7. The van der Waals surface area contributed by atoms with Gasteiger partial charge in [-0.3, -0.25) is 4.79 Å². The molecule has 1 amide bonds. The van der Waals surface area contributed by atoms with Gasteiger partial charge in [-0.15, -0.1) is 0 Å². The van der Waals surface area contributed by atoms with E-state index >= 15 is 0 Å². The van der Waals surface area contributed by atoms with E-state index in [1.807, 2.05) is 6.20 Å². The van der Waals surface area contributed by atoms with Gasteiger partial charge in [-0.2, -0.15) is 0 Å². The van der Waals surface area contributed by atoms with Gasteiger partial charge in [0.25, 0.3) is 0 Å². The van der Waals surface area contributed by atoms with Crippen LogP contribution >= 0.6 is 0 Å². The molecule has 2 bridgehead atoms. The Labute approximate surface area is 153 Å². The summed E-state index contributed by atoms with van der Waals surface area (Å²) >= 11 is 0. The highest BCUT2D eigenvalue weighted by Crippen LogP contribution is 2.42. The molecule has 0 saturated carbocycles. The van der Waals surface area contributed by atoms with Crippen molar-refractivity contribution < 1.29 is 9.90 Å². The van der Waals surface area contributed by atoms with E-state index in [1.54, 1.807) is 0 Å². The predicted octanol–water partition coefficient (Wildman–Crippen LogP) is 2.43. The minimum atomic E-state index is -0.0400. The third-order valence-corrected chi connectivity index (χ3v) is 6.64. The molecule has 1 aromatic heterocycles. The van der Waals surface area contributed by atoms with Crippen molar-refractivity contribution in [1.82, 2.24) is 9.88 Å². The third-order valence-electron chi connectivity index (χ3n) is 6.64. The van der Waals surface area contributed by atoms with Crippen molar-refractivity contribution in [2.45, 2.75) is 37.8 Å². The van der Waals surface area contributed by atoms with Gasteiger partial charge in [-0.25, -0.2) is 4.98 Å². The van der Waals surface area contributed by atoms with E-state index in [2.05, 4.69) is 40.1 Å². The molecule has 3 saturated heterocycles. The second-order valence-corrected chi connectivity index (χ2v) is 8.03. The van der Waals surface area contributed by atoms with Gasteiger partial charge in [0.15, 0.2) is 0 Å². The van der Waals surface area contributed by atoms with Crippen LogP contribution in [0.3, 0.4) is 0 Å². The van der Waals surface area contributed by atoms with E-state index in [9.17, 15) is 9.90 Å². The molecule has 4 atom stereocenters.